The van der Waals surface area contributed by atoms with Crippen molar-refractivity contribution in [3.05, 3.63) is 71.5 Å². The zero-order valence-electron chi connectivity index (χ0n) is 19.3. The summed E-state index contributed by atoms with van der Waals surface area (Å²) in [4.78, 5) is 18.6. The molecule has 6 nitrogen and oxygen atoms in total. The lowest BCUT2D eigenvalue weighted by atomic mass is 10.0. The molecule has 178 valence electrons. The van der Waals surface area contributed by atoms with Gasteiger partial charge < -0.3 is 19.5 Å². The second kappa shape index (κ2) is 12.6. The minimum atomic E-state index is -0.509. The molecule has 1 N–H and O–H groups in total. The van der Waals surface area contributed by atoms with Crippen LogP contribution in [0.3, 0.4) is 0 Å². The molecule has 0 radical (unpaired) electrons. The fourth-order valence-corrected chi connectivity index (χ4v) is 5.08. The van der Waals surface area contributed by atoms with Crippen molar-refractivity contribution in [2.24, 2.45) is 0 Å². The van der Waals surface area contributed by atoms with E-state index in [1.165, 1.54) is 4.88 Å². The first-order chi connectivity index (χ1) is 16.1. The normalized spacial score (nSPS) is 16.2. The molecule has 2 heterocycles. The maximum atomic E-state index is 13.4. The molecule has 2 atom stereocenters. The first kappa shape index (κ1) is 25.0. The molecule has 0 bridgehead atoms. The number of hydrogen-bond donors (Lipinski definition) is 1. The second-order valence-electron chi connectivity index (χ2n) is 8.12. The minimum Gasteiger partial charge on any atom is -0.493 e. The predicted molar refractivity (Wildman–Crippen MR) is 133 cm³/mol. The van der Waals surface area contributed by atoms with Crippen molar-refractivity contribution in [2.45, 2.75) is 31.4 Å². The van der Waals surface area contributed by atoms with Crippen molar-refractivity contribution in [2.75, 3.05) is 39.9 Å². The number of aliphatic hydroxyl groups is 1. The van der Waals surface area contributed by atoms with E-state index in [1.807, 2.05) is 34.1 Å². The fourth-order valence-electron chi connectivity index (χ4n) is 4.15. The molecular weight excluding hydrogens is 436 g/mol. The minimum absolute atomic E-state index is 0.0262. The molecule has 0 unspecified atom stereocenters. The third-order valence-corrected chi connectivity index (χ3v) is 6.80. The number of hydrogen-bond acceptors (Lipinski definition) is 6. The quantitative estimate of drug-likeness (QED) is 0.447. The molecule has 0 spiro atoms. The number of ether oxygens (including phenoxy) is 2. The second-order valence-corrected chi connectivity index (χ2v) is 9.12. The third-order valence-electron chi connectivity index (χ3n) is 5.80. The van der Waals surface area contributed by atoms with Crippen LogP contribution in [0.1, 0.15) is 29.3 Å². The number of carbonyl (C=O) groups excluding carboxylic acids is 1. The van der Waals surface area contributed by atoms with Gasteiger partial charge in [-0.3, -0.25) is 9.69 Å². The third kappa shape index (κ3) is 6.69. The van der Waals surface area contributed by atoms with Gasteiger partial charge in [0.2, 0.25) is 5.91 Å². The van der Waals surface area contributed by atoms with Crippen molar-refractivity contribution < 1.29 is 19.4 Å². The maximum absolute atomic E-state index is 13.4. The van der Waals surface area contributed by atoms with E-state index in [2.05, 4.69) is 24.6 Å². The van der Waals surface area contributed by atoms with Crippen LogP contribution >= 0.6 is 11.3 Å². The summed E-state index contributed by atoms with van der Waals surface area (Å²) in [6.45, 7) is 9.70. The molecule has 1 aliphatic rings. The van der Waals surface area contributed by atoms with Crippen molar-refractivity contribution in [3.8, 4) is 11.5 Å². The lowest BCUT2D eigenvalue weighted by Crippen LogP contribution is -2.47. The number of aliphatic hydroxyl groups excluding tert-OH is 1. The van der Waals surface area contributed by atoms with Gasteiger partial charge in [0.15, 0.2) is 11.5 Å². The summed E-state index contributed by atoms with van der Waals surface area (Å²) in [5, 5.41) is 12.4. The topological polar surface area (TPSA) is 62.2 Å². The van der Waals surface area contributed by atoms with Crippen LogP contribution in [0, 0.1) is 0 Å². The Kier molecular flexibility index (Phi) is 9.54. The van der Waals surface area contributed by atoms with Crippen LogP contribution in [0.5, 0.6) is 11.5 Å². The highest BCUT2D eigenvalue weighted by molar-refractivity contribution is 7.10. The number of thiophene rings is 1. The van der Waals surface area contributed by atoms with Gasteiger partial charge in [0.05, 0.1) is 25.8 Å². The SMILES string of the molecule is C=CCC[C@H](O)CN(CC=C)CC(=O)N1CCc2sccc2[C@@H]1COc1ccccc1OC. The molecule has 1 aliphatic heterocycles. The molecule has 2 aromatic rings. The molecule has 0 aliphatic carbocycles. The molecule has 7 heteroatoms. The summed E-state index contributed by atoms with van der Waals surface area (Å²) in [6, 6.07) is 9.46. The predicted octanol–water partition coefficient (Wildman–Crippen LogP) is 4.08. The molecular formula is C26H34N2O4S. The number of methoxy groups -OCH3 is 1. The summed E-state index contributed by atoms with van der Waals surface area (Å²) >= 11 is 1.73. The molecule has 0 fully saturated rings. The monoisotopic (exact) mass is 470 g/mol. The van der Waals surface area contributed by atoms with Crippen LogP contribution in [0.4, 0.5) is 0 Å². The average Bonchev–Trinajstić information content (AvgIpc) is 3.30. The number of para-hydroxylation sites is 2. The van der Waals surface area contributed by atoms with Crippen molar-refractivity contribution >= 4 is 17.2 Å². The van der Waals surface area contributed by atoms with Gasteiger partial charge in [-0.2, -0.15) is 0 Å². The molecule has 1 amide bonds. The molecule has 0 saturated heterocycles. The summed E-state index contributed by atoms with van der Waals surface area (Å²) < 4.78 is 11.6. The van der Waals surface area contributed by atoms with E-state index >= 15 is 0 Å². The molecule has 33 heavy (non-hydrogen) atoms. The Morgan fingerprint density at radius 3 is 2.82 bits per heavy atom. The highest BCUT2D eigenvalue weighted by atomic mass is 32.1. The Morgan fingerprint density at radius 2 is 2.09 bits per heavy atom. The first-order valence-electron chi connectivity index (χ1n) is 11.3. The number of allylic oxidation sites excluding steroid dienone is 1. The van der Waals surface area contributed by atoms with Gasteiger partial charge in [0.25, 0.3) is 0 Å². The van der Waals surface area contributed by atoms with E-state index in [-0.39, 0.29) is 18.5 Å². The van der Waals surface area contributed by atoms with Crippen LogP contribution in [-0.2, 0) is 11.2 Å². The summed E-state index contributed by atoms with van der Waals surface area (Å²) in [7, 11) is 1.62. The summed E-state index contributed by atoms with van der Waals surface area (Å²) in [5.41, 5.74) is 1.15. The van der Waals surface area contributed by atoms with Crippen LogP contribution < -0.4 is 9.47 Å². The zero-order chi connectivity index (χ0) is 23.6. The van der Waals surface area contributed by atoms with E-state index in [9.17, 15) is 9.90 Å². The molecule has 0 saturated carbocycles. The van der Waals surface area contributed by atoms with Gasteiger partial charge in [0.1, 0.15) is 6.61 Å². The summed E-state index contributed by atoms with van der Waals surface area (Å²) in [6.07, 6.45) is 5.26. The number of benzene rings is 1. The number of nitrogens with zero attached hydrogens (tertiary/aromatic N) is 2. The molecule has 1 aromatic carbocycles. The van der Waals surface area contributed by atoms with E-state index in [0.717, 1.165) is 18.4 Å². The Morgan fingerprint density at radius 1 is 1.30 bits per heavy atom. The maximum Gasteiger partial charge on any atom is 0.237 e. The number of fused-ring (bicyclic) bond motifs is 1. The van der Waals surface area contributed by atoms with E-state index < -0.39 is 6.10 Å². The average molecular weight is 471 g/mol. The lowest BCUT2D eigenvalue weighted by Gasteiger charge is -2.37. The Hall–Kier alpha value is -2.61. The Balaban J connectivity index is 1.72. The Bertz CT molecular complexity index is 929. The lowest BCUT2D eigenvalue weighted by molar-refractivity contribution is -0.136. The smallest absolute Gasteiger partial charge is 0.237 e. The standard InChI is InChI=1S/C26H34N2O4S/c1-4-6-9-20(29)17-27(14-5-2)18-26(30)28-15-12-25-21(13-16-33-25)22(28)19-32-24-11-8-7-10-23(24)31-3/h4-5,7-8,10-11,13,16,20,22,29H,1-2,6,9,12,14-15,17-19H2,3H3/t20-,22-/m0/s1. The van der Waals surface area contributed by atoms with Gasteiger partial charge >= 0.3 is 0 Å². The van der Waals surface area contributed by atoms with Gasteiger partial charge in [-0.05, 0) is 48.4 Å². The van der Waals surface area contributed by atoms with Crippen LogP contribution in [0.25, 0.3) is 0 Å². The van der Waals surface area contributed by atoms with Gasteiger partial charge in [-0.25, -0.2) is 0 Å². The number of amides is 1. The first-order valence-corrected chi connectivity index (χ1v) is 12.2. The highest BCUT2D eigenvalue weighted by Crippen LogP contribution is 2.35. The van der Waals surface area contributed by atoms with Gasteiger partial charge in [-0.15, -0.1) is 24.5 Å². The summed E-state index contributed by atoms with van der Waals surface area (Å²) in [5.74, 6) is 1.36. The van der Waals surface area contributed by atoms with Gasteiger partial charge in [0, 0.05) is 24.5 Å². The number of rotatable bonds is 13. The van der Waals surface area contributed by atoms with Crippen molar-refractivity contribution in [1.29, 1.82) is 0 Å². The zero-order valence-corrected chi connectivity index (χ0v) is 20.1. The van der Waals surface area contributed by atoms with Crippen LogP contribution in [0.2, 0.25) is 0 Å². The van der Waals surface area contributed by atoms with E-state index in [4.69, 9.17) is 9.47 Å². The van der Waals surface area contributed by atoms with Crippen LogP contribution in [0.15, 0.2) is 61.0 Å². The number of carbonyl (C=O) groups is 1. The fraction of sp³-hybridized carbons (Fsp3) is 0.423. The van der Waals surface area contributed by atoms with Crippen LogP contribution in [-0.4, -0.2) is 66.8 Å². The molecule has 3 rings (SSSR count). The van der Waals surface area contributed by atoms with E-state index in [1.54, 1.807) is 30.6 Å². The molecule has 1 aromatic heterocycles. The van der Waals surface area contributed by atoms with Crippen molar-refractivity contribution in [3.63, 3.8) is 0 Å². The highest BCUT2D eigenvalue weighted by Gasteiger charge is 2.33. The van der Waals surface area contributed by atoms with E-state index in [0.29, 0.717) is 44.2 Å². The largest absolute Gasteiger partial charge is 0.493 e. The van der Waals surface area contributed by atoms with Gasteiger partial charge in [-0.1, -0.05) is 24.3 Å². The van der Waals surface area contributed by atoms with Crippen molar-refractivity contribution in [1.82, 2.24) is 9.80 Å². The Labute approximate surface area is 200 Å².